The van der Waals surface area contributed by atoms with E-state index in [1.165, 1.54) is 11.6 Å². The summed E-state index contributed by atoms with van der Waals surface area (Å²) in [5.41, 5.74) is 0.622. The van der Waals surface area contributed by atoms with Crippen LogP contribution in [0.25, 0.3) is 0 Å². The van der Waals surface area contributed by atoms with E-state index in [4.69, 9.17) is 9.47 Å². The van der Waals surface area contributed by atoms with Gasteiger partial charge in [-0.2, -0.15) is 0 Å². The van der Waals surface area contributed by atoms with Gasteiger partial charge >= 0.3 is 0 Å². The molecule has 1 aliphatic heterocycles. The molecule has 1 spiro atoms. The van der Waals surface area contributed by atoms with Crippen molar-refractivity contribution in [2.45, 2.75) is 42.8 Å². The first-order chi connectivity index (χ1) is 10.6. The van der Waals surface area contributed by atoms with Gasteiger partial charge in [-0.25, -0.2) is 0 Å². The highest BCUT2D eigenvalue weighted by molar-refractivity contribution is 5.98. The molecule has 0 aromatic heterocycles. The average molecular weight is 298 g/mol. The van der Waals surface area contributed by atoms with Crippen molar-refractivity contribution in [3.8, 4) is 11.5 Å². The molecular weight excluding hydrogens is 280 g/mol. The van der Waals surface area contributed by atoms with Gasteiger partial charge in [0.25, 0.3) is 0 Å². The second-order valence-electron chi connectivity index (χ2n) is 6.95. The van der Waals surface area contributed by atoms with Gasteiger partial charge < -0.3 is 14.6 Å². The molecule has 1 unspecified atom stereocenters. The predicted octanol–water partition coefficient (Wildman–Crippen LogP) is 1.92. The van der Waals surface area contributed by atoms with Gasteiger partial charge in [-0.15, -0.1) is 0 Å². The molecule has 1 aromatic carbocycles. The Morgan fingerprint density at radius 2 is 2.27 bits per heavy atom. The van der Waals surface area contributed by atoms with Crippen molar-refractivity contribution in [1.29, 1.82) is 0 Å². The number of hydrogen-bond acceptors (Lipinski definition) is 4. The zero-order valence-electron chi connectivity index (χ0n) is 12.5. The van der Waals surface area contributed by atoms with Crippen LogP contribution in [-0.4, -0.2) is 29.7 Å². The van der Waals surface area contributed by atoms with E-state index >= 15 is 0 Å². The molecule has 0 saturated heterocycles. The first-order valence-corrected chi connectivity index (χ1v) is 7.94. The van der Waals surface area contributed by atoms with Crippen LogP contribution in [-0.2, 0) is 16.6 Å². The molecule has 2 bridgehead atoms. The van der Waals surface area contributed by atoms with Gasteiger partial charge in [-0.05, 0) is 49.0 Å². The van der Waals surface area contributed by atoms with E-state index in [-0.39, 0.29) is 11.7 Å². The number of ketones is 1. The maximum atomic E-state index is 12.5. The van der Waals surface area contributed by atoms with Gasteiger partial charge in [0.15, 0.2) is 23.4 Å². The third-order valence-corrected chi connectivity index (χ3v) is 6.24. The van der Waals surface area contributed by atoms with Gasteiger partial charge in [-0.1, -0.05) is 12.5 Å². The molecule has 1 aromatic rings. The van der Waals surface area contributed by atoms with Gasteiger partial charge in [0.05, 0.1) is 12.5 Å². The topological polar surface area (TPSA) is 55.8 Å². The Hall–Kier alpha value is -1.81. The fraction of sp³-hybridized carbons (Fsp3) is 0.500. The molecule has 22 heavy (non-hydrogen) atoms. The summed E-state index contributed by atoms with van der Waals surface area (Å²) in [4.78, 5) is 12.5. The number of carbonyl (C=O) groups is 1. The van der Waals surface area contributed by atoms with Crippen molar-refractivity contribution < 1.29 is 19.4 Å². The van der Waals surface area contributed by atoms with Crippen molar-refractivity contribution in [2.24, 2.45) is 5.92 Å². The molecule has 5 rings (SSSR count). The van der Waals surface area contributed by atoms with E-state index in [9.17, 15) is 9.90 Å². The fourth-order valence-corrected chi connectivity index (χ4v) is 5.37. The number of hydrogen-bond donors (Lipinski definition) is 1. The number of methoxy groups -OCH3 is 1. The number of ether oxygens (including phenoxy) is 2. The van der Waals surface area contributed by atoms with Crippen LogP contribution in [0.5, 0.6) is 11.5 Å². The normalized spacial score (nSPS) is 40.2. The molecule has 3 aliphatic carbocycles. The molecule has 1 N–H and O–H groups in total. The summed E-state index contributed by atoms with van der Waals surface area (Å²) in [6.07, 6.45) is 6.28. The summed E-state index contributed by atoms with van der Waals surface area (Å²) in [6.45, 7) is 0. The molecular formula is C18H18O4. The zero-order chi connectivity index (χ0) is 15.1. The largest absolute Gasteiger partial charge is 0.493 e. The quantitative estimate of drug-likeness (QED) is 0.860. The summed E-state index contributed by atoms with van der Waals surface area (Å²) < 4.78 is 11.5. The second kappa shape index (κ2) is 3.74. The molecule has 4 nitrogen and oxygen atoms in total. The lowest BCUT2D eigenvalue weighted by atomic mass is 9.47. The number of rotatable bonds is 1. The lowest BCUT2D eigenvalue weighted by molar-refractivity contribution is -0.144. The van der Waals surface area contributed by atoms with E-state index in [2.05, 4.69) is 6.07 Å². The van der Waals surface area contributed by atoms with Crippen LogP contribution >= 0.6 is 0 Å². The van der Waals surface area contributed by atoms with Crippen molar-refractivity contribution in [3.63, 3.8) is 0 Å². The summed E-state index contributed by atoms with van der Waals surface area (Å²) in [6, 6.07) is 3.99. The van der Waals surface area contributed by atoms with Crippen LogP contribution in [0.15, 0.2) is 24.3 Å². The molecule has 114 valence electrons. The minimum absolute atomic E-state index is 0.0450. The standard InChI is InChI=1S/C18H18O4/c1-21-13-5-4-10-9-11-3-2-7-17-14(10)15(13)22-16(17)12(19)6-8-18(11,17)20/h4-6,8,11,16,20H,2-3,7,9H2,1H3/t11-,16+,17?,18-/m1/s1. The molecule has 0 amide bonds. The van der Waals surface area contributed by atoms with E-state index in [0.717, 1.165) is 31.2 Å². The van der Waals surface area contributed by atoms with E-state index in [1.54, 1.807) is 13.2 Å². The lowest BCUT2D eigenvalue weighted by Crippen LogP contribution is -2.68. The Labute approximate surface area is 128 Å². The first-order valence-electron chi connectivity index (χ1n) is 7.94. The van der Waals surface area contributed by atoms with Crippen molar-refractivity contribution in [3.05, 3.63) is 35.4 Å². The summed E-state index contributed by atoms with van der Waals surface area (Å²) in [7, 11) is 1.61. The second-order valence-corrected chi connectivity index (χ2v) is 6.95. The Morgan fingerprint density at radius 1 is 1.41 bits per heavy atom. The Balaban J connectivity index is 1.90. The van der Waals surface area contributed by atoms with Crippen LogP contribution in [0.3, 0.4) is 0 Å². The molecule has 1 saturated carbocycles. The highest BCUT2D eigenvalue weighted by Crippen LogP contribution is 2.65. The summed E-state index contributed by atoms with van der Waals surface area (Å²) in [5, 5.41) is 11.5. The molecule has 1 heterocycles. The van der Waals surface area contributed by atoms with Crippen molar-refractivity contribution in [1.82, 2.24) is 0 Å². The van der Waals surface area contributed by atoms with Gasteiger partial charge in [0.1, 0.15) is 5.60 Å². The van der Waals surface area contributed by atoms with Gasteiger partial charge in [0, 0.05) is 5.56 Å². The minimum atomic E-state index is -0.978. The SMILES string of the molecule is COc1ccc2c3c1O[C@H]1C(=O)C=C[C@@]4(O)[C@H](CCCC314)C2. The molecule has 4 aliphatic rings. The van der Waals surface area contributed by atoms with Gasteiger partial charge in [-0.3, -0.25) is 4.79 Å². The molecule has 4 heteroatoms. The van der Waals surface area contributed by atoms with Crippen LogP contribution in [0.1, 0.15) is 30.4 Å². The molecule has 4 atom stereocenters. The van der Waals surface area contributed by atoms with Crippen LogP contribution in [0.4, 0.5) is 0 Å². The lowest BCUT2D eigenvalue weighted by Gasteiger charge is -2.57. The Kier molecular flexibility index (Phi) is 2.16. The van der Waals surface area contributed by atoms with Crippen LogP contribution in [0.2, 0.25) is 0 Å². The average Bonchev–Trinajstić information content (AvgIpc) is 2.85. The Morgan fingerprint density at radius 3 is 3.09 bits per heavy atom. The van der Waals surface area contributed by atoms with Crippen LogP contribution < -0.4 is 9.47 Å². The van der Waals surface area contributed by atoms with E-state index in [1.807, 2.05) is 6.07 Å². The number of aliphatic hydroxyl groups is 1. The third-order valence-electron chi connectivity index (χ3n) is 6.24. The fourth-order valence-electron chi connectivity index (χ4n) is 5.37. The highest BCUT2D eigenvalue weighted by Gasteiger charge is 2.70. The maximum absolute atomic E-state index is 12.5. The van der Waals surface area contributed by atoms with Crippen molar-refractivity contribution in [2.75, 3.05) is 7.11 Å². The Bertz CT molecular complexity index is 737. The van der Waals surface area contributed by atoms with Crippen LogP contribution in [0, 0.1) is 5.92 Å². The molecule has 0 radical (unpaired) electrons. The summed E-state index contributed by atoms with van der Waals surface area (Å²) >= 11 is 0. The highest BCUT2D eigenvalue weighted by atomic mass is 16.5. The minimum Gasteiger partial charge on any atom is -0.493 e. The number of benzene rings is 1. The molecule has 1 fully saturated rings. The zero-order valence-corrected chi connectivity index (χ0v) is 12.5. The smallest absolute Gasteiger partial charge is 0.196 e. The third kappa shape index (κ3) is 1.12. The van der Waals surface area contributed by atoms with E-state index < -0.39 is 17.1 Å². The predicted molar refractivity (Wildman–Crippen MR) is 79.2 cm³/mol. The van der Waals surface area contributed by atoms with E-state index in [0.29, 0.717) is 11.5 Å². The van der Waals surface area contributed by atoms with Gasteiger partial charge in [0.2, 0.25) is 0 Å². The van der Waals surface area contributed by atoms with Crippen molar-refractivity contribution >= 4 is 5.78 Å². The maximum Gasteiger partial charge on any atom is 0.196 e. The monoisotopic (exact) mass is 298 g/mol. The first kappa shape index (κ1) is 12.7. The summed E-state index contributed by atoms with van der Waals surface area (Å²) in [5.74, 6) is 1.43. The number of carbonyl (C=O) groups excluding carboxylic acids is 1.